The van der Waals surface area contributed by atoms with Gasteiger partial charge in [0, 0.05) is 24.2 Å². The molecule has 1 N–H and O–H groups in total. The van der Waals surface area contributed by atoms with Gasteiger partial charge in [0.1, 0.15) is 11.6 Å². The second-order valence-electron chi connectivity index (χ2n) is 7.16. The number of aromatic hydroxyl groups is 1. The van der Waals surface area contributed by atoms with Crippen molar-refractivity contribution in [1.29, 1.82) is 5.26 Å². The first-order chi connectivity index (χ1) is 16.3. The minimum absolute atomic E-state index is 0.0500. The number of benzene rings is 2. The van der Waals surface area contributed by atoms with Crippen LogP contribution in [0.4, 0.5) is 17.1 Å². The standard InChI is InChI=1S/C23H21N5O6/c1-14-18(13-24)22(29)27(10-9-15-7-8-19(33-2)20(11-15)34-3)23(30)21(14)26-25-16-5-4-6-17(12-16)28(31)32/h4-8,11-12,29H,9-10H2,1-3H3. The Bertz CT molecular complexity index is 1370. The van der Waals surface area contributed by atoms with Gasteiger partial charge in [-0.3, -0.25) is 19.5 Å². The van der Waals surface area contributed by atoms with Crippen molar-refractivity contribution in [2.45, 2.75) is 19.9 Å². The van der Waals surface area contributed by atoms with Crippen LogP contribution in [0.25, 0.3) is 0 Å². The molecule has 11 heteroatoms. The molecule has 0 amide bonds. The van der Waals surface area contributed by atoms with Crippen LogP contribution in [0.15, 0.2) is 57.5 Å². The third-order valence-electron chi connectivity index (χ3n) is 5.15. The molecule has 0 saturated heterocycles. The van der Waals surface area contributed by atoms with Gasteiger partial charge in [0.15, 0.2) is 17.2 Å². The highest BCUT2D eigenvalue weighted by Crippen LogP contribution is 2.30. The topological polar surface area (TPSA) is 152 Å². The number of azo groups is 1. The molecule has 1 heterocycles. The Labute approximate surface area is 194 Å². The lowest BCUT2D eigenvalue weighted by atomic mass is 10.1. The van der Waals surface area contributed by atoms with Crippen LogP contribution in [-0.4, -0.2) is 28.8 Å². The minimum atomic E-state index is -0.649. The zero-order valence-electron chi connectivity index (χ0n) is 18.7. The summed E-state index contributed by atoms with van der Waals surface area (Å²) in [4.78, 5) is 23.5. The average Bonchev–Trinajstić information content (AvgIpc) is 2.84. The van der Waals surface area contributed by atoms with Gasteiger partial charge in [0.05, 0.1) is 24.8 Å². The van der Waals surface area contributed by atoms with E-state index in [0.29, 0.717) is 17.9 Å². The smallest absolute Gasteiger partial charge is 0.281 e. The molecule has 0 radical (unpaired) electrons. The van der Waals surface area contributed by atoms with Crippen molar-refractivity contribution in [2.24, 2.45) is 10.2 Å². The van der Waals surface area contributed by atoms with E-state index >= 15 is 0 Å². The number of ether oxygens (including phenoxy) is 2. The van der Waals surface area contributed by atoms with E-state index in [1.807, 2.05) is 6.07 Å². The normalized spacial score (nSPS) is 10.8. The van der Waals surface area contributed by atoms with Gasteiger partial charge >= 0.3 is 0 Å². The molecule has 0 aliphatic carbocycles. The molecule has 2 aromatic carbocycles. The molecular weight excluding hydrogens is 442 g/mol. The highest BCUT2D eigenvalue weighted by molar-refractivity contribution is 5.57. The fourth-order valence-electron chi connectivity index (χ4n) is 3.32. The maximum atomic E-state index is 13.1. The van der Waals surface area contributed by atoms with Crippen LogP contribution < -0.4 is 15.0 Å². The summed E-state index contributed by atoms with van der Waals surface area (Å²) in [5, 5.41) is 39.0. The molecule has 3 rings (SSSR count). The lowest BCUT2D eigenvalue weighted by Crippen LogP contribution is -2.23. The summed E-state index contributed by atoms with van der Waals surface area (Å²) in [5.41, 5.74) is 0.0430. The molecule has 0 aliphatic rings. The lowest BCUT2D eigenvalue weighted by molar-refractivity contribution is -0.384. The summed E-state index contributed by atoms with van der Waals surface area (Å²) >= 11 is 0. The summed E-state index contributed by atoms with van der Waals surface area (Å²) in [7, 11) is 3.03. The maximum absolute atomic E-state index is 13.1. The summed E-state index contributed by atoms with van der Waals surface area (Å²) < 4.78 is 11.6. The number of nitrogens with zero attached hydrogens (tertiary/aromatic N) is 5. The number of pyridine rings is 1. The highest BCUT2D eigenvalue weighted by atomic mass is 16.6. The summed E-state index contributed by atoms with van der Waals surface area (Å²) in [6, 6.07) is 12.6. The molecule has 3 aromatic rings. The molecule has 0 aliphatic heterocycles. The number of aryl methyl sites for hydroxylation is 1. The van der Waals surface area contributed by atoms with Gasteiger partial charge in [0.25, 0.3) is 11.2 Å². The van der Waals surface area contributed by atoms with Crippen molar-refractivity contribution in [3.05, 3.63) is 79.6 Å². The quantitative estimate of drug-likeness (QED) is 0.297. The second-order valence-corrected chi connectivity index (χ2v) is 7.16. The van der Waals surface area contributed by atoms with Crippen LogP contribution in [-0.2, 0) is 13.0 Å². The maximum Gasteiger partial charge on any atom is 0.281 e. The molecule has 1 aromatic heterocycles. The Morgan fingerprint density at radius 1 is 1.15 bits per heavy atom. The van der Waals surface area contributed by atoms with Crippen LogP contribution in [0.3, 0.4) is 0 Å². The van der Waals surface area contributed by atoms with Crippen molar-refractivity contribution in [3.63, 3.8) is 0 Å². The van der Waals surface area contributed by atoms with Crippen molar-refractivity contribution in [1.82, 2.24) is 4.57 Å². The van der Waals surface area contributed by atoms with E-state index in [9.17, 15) is 25.3 Å². The van der Waals surface area contributed by atoms with Crippen molar-refractivity contribution in [2.75, 3.05) is 14.2 Å². The van der Waals surface area contributed by atoms with Gasteiger partial charge in [-0.25, -0.2) is 0 Å². The lowest BCUT2D eigenvalue weighted by Gasteiger charge is -2.14. The number of nitro benzene ring substituents is 1. The zero-order valence-corrected chi connectivity index (χ0v) is 18.7. The van der Waals surface area contributed by atoms with E-state index in [0.717, 1.165) is 10.1 Å². The molecule has 0 unspecified atom stereocenters. The van der Waals surface area contributed by atoms with Gasteiger partial charge in [-0.15, -0.1) is 5.11 Å². The van der Waals surface area contributed by atoms with Gasteiger partial charge in [-0.2, -0.15) is 10.4 Å². The van der Waals surface area contributed by atoms with Crippen LogP contribution in [0.1, 0.15) is 16.7 Å². The van der Waals surface area contributed by atoms with Gasteiger partial charge in [0.2, 0.25) is 5.88 Å². The summed E-state index contributed by atoms with van der Waals surface area (Å²) in [6.45, 7) is 1.52. The zero-order chi connectivity index (χ0) is 24.8. The molecule has 0 bridgehead atoms. The first-order valence-corrected chi connectivity index (χ1v) is 10.0. The number of nitro groups is 1. The largest absolute Gasteiger partial charge is 0.493 e. The van der Waals surface area contributed by atoms with E-state index in [-0.39, 0.29) is 34.7 Å². The van der Waals surface area contributed by atoms with Crippen LogP contribution in [0.2, 0.25) is 0 Å². The predicted octanol–water partition coefficient (Wildman–Crippen LogP) is 4.32. The molecule has 0 spiro atoms. The molecule has 0 fully saturated rings. The van der Waals surface area contributed by atoms with E-state index < -0.39 is 16.4 Å². The first kappa shape index (κ1) is 23.9. The number of rotatable bonds is 8. The minimum Gasteiger partial charge on any atom is -0.493 e. The highest BCUT2D eigenvalue weighted by Gasteiger charge is 2.19. The fraction of sp³-hybridized carbons (Fsp3) is 0.217. The molecular formula is C23H21N5O6. The van der Waals surface area contributed by atoms with Crippen molar-refractivity contribution in [3.8, 4) is 23.4 Å². The van der Waals surface area contributed by atoms with Crippen LogP contribution in [0, 0.1) is 28.4 Å². The molecule has 0 atom stereocenters. The fourth-order valence-corrected chi connectivity index (χ4v) is 3.32. The molecule has 0 saturated carbocycles. The Morgan fingerprint density at radius 2 is 1.88 bits per heavy atom. The first-order valence-electron chi connectivity index (χ1n) is 10.0. The number of non-ortho nitro benzene ring substituents is 1. The average molecular weight is 463 g/mol. The predicted molar refractivity (Wildman–Crippen MR) is 122 cm³/mol. The Morgan fingerprint density at radius 3 is 2.53 bits per heavy atom. The summed E-state index contributed by atoms with van der Waals surface area (Å²) in [6.07, 6.45) is 0.337. The third kappa shape index (κ3) is 4.86. The Kier molecular flexibility index (Phi) is 7.23. The molecule has 11 nitrogen and oxygen atoms in total. The molecule has 174 valence electrons. The monoisotopic (exact) mass is 463 g/mol. The number of nitriles is 1. The second kappa shape index (κ2) is 10.3. The van der Waals surface area contributed by atoms with Crippen molar-refractivity contribution < 1.29 is 19.5 Å². The Hall–Kier alpha value is -4.72. The number of methoxy groups -OCH3 is 2. The number of hydrogen-bond donors (Lipinski definition) is 1. The van der Waals surface area contributed by atoms with Crippen LogP contribution in [0.5, 0.6) is 17.4 Å². The van der Waals surface area contributed by atoms with E-state index in [1.54, 1.807) is 18.2 Å². The SMILES string of the molecule is COc1ccc(CCn2c(O)c(C#N)c(C)c(N=Nc3cccc([N+](=O)[O-])c3)c2=O)cc1OC. The van der Waals surface area contributed by atoms with E-state index in [4.69, 9.17) is 9.47 Å². The van der Waals surface area contributed by atoms with Gasteiger partial charge in [-0.05, 0) is 37.1 Å². The third-order valence-corrected chi connectivity index (χ3v) is 5.15. The van der Waals surface area contributed by atoms with E-state index in [1.165, 1.54) is 45.4 Å². The Balaban J connectivity index is 1.99. The molecule has 34 heavy (non-hydrogen) atoms. The number of hydrogen-bond acceptors (Lipinski definition) is 9. The van der Waals surface area contributed by atoms with Gasteiger partial charge < -0.3 is 14.6 Å². The number of aromatic nitrogens is 1. The van der Waals surface area contributed by atoms with Crippen LogP contribution >= 0.6 is 0 Å². The van der Waals surface area contributed by atoms with Gasteiger partial charge in [-0.1, -0.05) is 12.1 Å². The summed E-state index contributed by atoms with van der Waals surface area (Å²) in [5.74, 6) is 0.599. The van der Waals surface area contributed by atoms with Crippen molar-refractivity contribution >= 4 is 17.1 Å². The van der Waals surface area contributed by atoms with E-state index in [2.05, 4.69) is 10.2 Å².